The Morgan fingerprint density at radius 2 is 2.06 bits per heavy atom. The molecule has 1 rings (SSSR count). The molecule has 0 fully saturated rings. The zero-order valence-electron chi connectivity index (χ0n) is 10.5. The molecule has 0 amide bonds. The Balaban J connectivity index is 2.69. The molecule has 4 heteroatoms. The average molecular weight is 239 g/mol. The molecule has 0 atom stereocenters. The van der Waals surface area contributed by atoms with Crippen LogP contribution in [-0.2, 0) is 0 Å². The van der Waals surface area contributed by atoms with E-state index in [4.69, 9.17) is 12.2 Å². The van der Waals surface area contributed by atoms with Crippen LogP contribution in [0, 0.1) is 10.6 Å². The summed E-state index contributed by atoms with van der Waals surface area (Å²) in [5.74, 6) is 3.00. The molecule has 0 bridgehead atoms. The van der Waals surface area contributed by atoms with E-state index in [0.717, 1.165) is 24.6 Å². The summed E-state index contributed by atoms with van der Waals surface area (Å²) >= 11 is 5.14. The minimum absolute atomic E-state index is 0.369. The second kappa shape index (κ2) is 5.99. The molecule has 0 saturated carbocycles. The van der Waals surface area contributed by atoms with Crippen LogP contribution in [0.3, 0.4) is 0 Å². The van der Waals surface area contributed by atoms with E-state index in [1.54, 1.807) is 0 Å². The lowest BCUT2D eigenvalue weighted by molar-refractivity contribution is 0.606. The van der Waals surface area contributed by atoms with Gasteiger partial charge in [-0.15, -0.1) is 0 Å². The molecule has 0 spiro atoms. The van der Waals surface area contributed by atoms with Crippen LogP contribution in [0.2, 0.25) is 0 Å². The summed E-state index contributed by atoms with van der Waals surface area (Å²) in [4.78, 5) is 7.57. The van der Waals surface area contributed by atoms with Crippen LogP contribution in [0.15, 0.2) is 6.07 Å². The fraction of sp³-hybridized carbons (Fsp3) is 0.667. The Bertz CT molecular complexity index is 382. The van der Waals surface area contributed by atoms with E-state index in [-0.39, 0.29) is 0 Å². The molecule has 0 aliphatic rings. The second-order valence-corrected chi connectivity index (χ2v) is 5.20. The molecule has 3 nitrogen and oxygen atoms in total. The third-order valence-electron chi connectivity index (χ3n) is 2.35. The van der Waals surface area contributed by atoms with Crippen LogP contribution in [-0.4, -0.2) is 16.5 Å². The van der Waals surface area contributed by atoms with Crippen molar-refractivity contribution < 1.29 is 0 Å². The largest absolute Gasteiger partial charge is 0.372 e. The highest BCUT2D eigenvalue weighted by Gasteiger charge is 2.03. The SMILES string of the molecule is CC(C)CCNc1cc(=S)nc(C(C)C)[nH]1. The first kappa shape index (κ1) is 13.2. The van der Waals surface area contributed by atoms with Gasteiger partial charge >= 0.3 is 0 Å². The molecule has 90 valence electrons. The van der Waals surface area contributed by atoms with Crippen molar-refractivity contribution in [2.75, 3.05) is 11.9 Å². The smallest absolute Gasteiger partial charge is 0.131 e. The Morgan fingerprint density at radius 1 is 1.38 bits per heavy atom. The highest BCUT2D eigenvalue weighted by Crippen LogP contribution is 2.12. The predicted octanol–water partition coefficient (Wildman–Crippen LogP) is 3.72. The standard InChI is InChI=1S/C12H21N3S/c1-8(2)5-6-13-10-7-11(16)15-12(14-10)9(3)4/h7-9H,5-6H2,1-4H3,(H2,13,14,15,16). The highest BCUT2D eigenvalue weighted by atomic mass is 32.1. The quantitative estimate of drug-likeness (QED) is 0.769. The molecule has 0 saturated heterocycles. The lowest BCUT2D eigenvalue weighted by Gasteiger charge is -2.11. The molecule has 0 aliphatic heterocycles. The van der Waals surface area contributed by atoms with Gasteiger partial charge < -0.3 is 10.3 Å². The topological polar surface area (TPSA) is 40.7 Å². The van der Waals surface area contributed by atoms with Gasteiger partial charge in [-0.1, -0.05) is 39.9 Å². The van der Waals surface area contributed by atoms with Crippen molar-refractivity contribution in [3.05, 3.63) is 16.5 Å². The molecule has 1 aromatic heterocycles. The summed E-state index contributed by atoms with van der Waals surface area (Å²) in [5.41, 5.74) is 0. The van der Waals surface area contributed by atoms with Crippen molar-refractivity contribution in [1.29, 1.82) is 0 Å². The summed E-state index contributed by atoms with van der Waals surface area (Å²) < 4.78 is 0.648. The Labute approximate surface area is 103 Å². The van der Waals surface area contributed by atoms with Gasteiger partial charge in [-0.05, 0) is 12.3 Å². The van der Waals surface area contributed by atoms with Crippen LogP contribution in [0.1, 0.15) is 45.9 Å². The van der Waals surface area contributed by atoms with Crippen molar-refractivity contribution in [1.82, 2.24) is 9.97 Å². The highest BCUT2D eigenvalue weighted by molar-refractivity contribution is 7.71. The van der Waals surface area contributed by atoms with Gasteiger partial charge in [0.05, 0.1) is 0 Å². The number of nitrogens with one attached hydrogen (secondary N) is 2. The Kier molecular flexibility index (Phi) is 4.93. The Hall–Kier alpha value is -0.900. The van der Waals surface area contributed by atoms with E-state index in [0.29, 0.717) is 16.5 Å². The van der Waals surface area contributed by atoms with Gasteiger partial charge in [0.15, 0.2) is 0 Å². The molecule has 1 aromatic rings. The summed E-state index contributed by atoms with van der Waals surface area (Å²) in [6, 6.07) is 1.88. The molecule has 2 N–H and O–H groups in total. The summed E-state index contributed by atoms with van der Waals surface area (Å²) in [6.45, 7) is 9.60. The minimum atomic E-state index is 0.369. The predicted molar refractivity (Wildman–Crippen MR) is 71.5 cm³/mol. The maximum atomic E-state index is 5.14. The van der Waals surface area contributed by atoms with E-state index in [9.17, 15) is 0 Å². The van der Waals surface area contributed by atoms with E-state index < -0.39 is 0 Å². The summed E-state index contributed by atoms with van der Waals surface area (Å²) in [6.07, 6.45) is 1.15. The van der Waals surface area contributed by atoms with Gasteiger partial charge in [-0.25, -0.2) is 4.98 Å². The molecule has 0 aromatic carbocycles. The first-order valence-electron chi connectivity index (χ1n) is 5.84. The fourth-order valence-corrected chi connectivity index (χ4v) is 1.56. The second-order valence-electron chi connectivity index (χ2n) is 4.78. The van der Waals surface area contributed by atoms with Crippen LogP contribution in [0.5, 0.6) is 0 Å². The number of aromatic nitrogens is 2. The average Bonchev–Trinajstić information content (AvgIpc) is 2.16. The number of H-pyrrole nitrogens is 1. The summed E-state index contributed by atoms with van der Waals surface area (Å²) in [7, 11) is 0. The van der Waals surface area contributed by atoms with E-state index in [1.165, 1.54) is 0 Å². The number of nitrogens with zero attached hydrogens (tertiary/aromatic N) is 1. The number of rotatable bonds is 5. The molecular formula is C12H21N3S. The van der Waals surface area contributed by atoms with E-state index in [2.05, 4.69) is 43.0 Å². The van der Waals surface area contributed by atoms with Crippen LogP contribution >= 0.6 is 12.2 Å². The fourth-order valence-electron chi connectivity index (χ4n) is 1.34. The van der Waals surface area contributed by atoms with Gasteiger partial charge in [0.2, 0.25) is 0 Å². The van der Waals surface area contributed by atoms with Crippen molar-refractivity contribution >= 4 is 18.0 Å². The Morgan fingerprint density at radius 3 is 2.62 bits per heavy atom. The van der Waals surface area contributed by atoms with Gasteiger partial charge in [-0.2, -0.15) is 0 Å². The third kappa shape index (κ3) is 4.31. The van der Waals surface area contributed by atoms with Gasteiger partial charge in [0, 0.05) is 18.5 Å². The van der Waals surface area contributed by atoms with Crippen LogP contribution in [0.25, 0.3) is 0 Å². The van der Waals surface area contributed by atoms with Crippen molar-refractivity contribution in [3.8, 4) is 0 Å². The maximum Gasteiger partial charge on any atom is 0.131 e. The van der Waals surface area contributed by atoms with E-state index in [1.807, 2.05) is 6.07 Å². The maximum absolute atomic E-state index is 5.14. The lowest BCUT2D eigenvalue weighted by Crippen LogP contribution is -2.08. The van der Waals surface area contributed by atoms with Crippen molar-refractivity contribution in [3.63, 3.8) is 0 Å². The first-order valence-corrected chi connectivity index (χ1v) is 6.25. The molecule has 0 radical (unpaired) electrons. The van der Waals surface area contributed by atoms with Crippen molar-refractivity contribution in [2.45, 2.75) is 40.0 Å². The number of anilines is 1. The first-order chi connectivity index (χ1) is 7.49. The zero-order chi connectivity index (χ0) is 12.1. The monoisotopic (exact) mass is 239 g/mol. The van der Waals surface area contributed by atoms with Crippen molar-refractivity contribution in [2.24, 2.45) is 5.92 Å². The van der Waals surface area contributed by atoms with Crippen LogP contribution in [0.4, 0.5) is 5.82 Å². The molecule has 0 aliphatic carbocycles. The minimum Gasteiger partial charge on any atom is -0.372 e. The molecular weight excluding hydrogens is 218 g/mol. The van der Waals surface area contributed by atoms with Gasteiger partial charge in [0.1, 0.15) is 16.3 Å². The van der Waals surface area contributed by atoms with Gasteiger partial charge in [0.25, 0.3) is 0 Å². The zero-order valence-corrected chi connectivity index (χ0v) is 11.3. The molecule has 1 heterocycles. The van der Waals surface area contributed by atoms with Crippen LogP contribution < -0.4 is 5.32 Å². The lowest BCUT2D eigenvalue weighted by atomic mass is 10.1. The number of hydrogen-bond donors (Lipinski definition) is 2. The normalized spacial score (nSPS) is 11.1. The molecule has 0 unspecified atom stereocenters. The molecule has 16 heavy (non-hydrogen) atoms. The number of hydrogen-bond acceptors (Lipinski definition) is 3. The van der Waals surface area contributed by atoms with E-state index >= 15 is 0 Å². The van der Waals surface area contributed by atoms with Gasteiger partial charge in [-0.3, -0.25) is 0 Å². The number of aromatic amines is 1. The third-order valence-corrected chi connectivity index (χ3v) is 2.55. The summed E-state index contributed by atoms with van der Waals surface area (Å²) in [5, 5.41) is 3.35.